The third-order valence-electron chi connectivity index (χ3n) is 1.70. The van der Waals surface area contributed by atoms with E-state index in [9.17, 15) is 0 Å². The number of aliphatic hydroxyl groups excluding tert-OH is 1. The van der Waals surface area contributed by atoms with Crippen LogP contribution in [-0.2, 0) is 4.84 Å². The van der Waals surface area contributed by atoms with Gasteiger partial charge in [-0.05, 0) is 5.56 Å². The van der Waals surface area contributed by atoms with Crippen LogP contribution in [0.1, 0.15) is 17.4 Å². The first-order valence-corrected chi connectivity index (χ1v) is 3.73. The molecular weight excluding hydrogens is 168 g/mol. The third-order valence-corrected chi connectivity index (χ3v) is 1.70. The van der Waals surface area contributed by atoms with Crippen LogP contribution < -0.4 is 11.6 Å². The van der Waals surface area contributed by atoms with E-state index in [2.05, 4.69) is 11.4 Å². The van der Waals surface area contributed by atoms with E-state index >= 15 is 0 Å². The van der Waals surface area contributed by atoms with Gasteiger partial charge in [0.05, 0.1) is 0 Å². The van der Waals surface area contributed by atoms with Crippen molar-refractivity contribution in [2.24, 2.45) is 11.6 Å². The number of aliphatic hydroxyl groups is 1. The minimum absolute atomic E-state index is 0.481. The minimum Gasteiger partial charge on any atom is -0.399 e. The Morgan fingerprint density at radius 2 is 1.92 bits per heavy atom. The second kappa shape index (κ2) is 4.04. The summed E-state index contributed by atoms with van der Waals surface area (Å²) in [4.78, 5) is 4.24. The molecule has 0 saturated heterocycles. The van der Waals surface area contributed by atoms with Gasteiger partial charge in [-0.25, -0.2) is 5.90 Å². The fraction of sp³-hybridized carbons (Fsp3) is 0.111. The number of hydrogen-bond donors (Lipinski definition) is 3. The topological polar surface area (TPSA) is 81.5 Å². The van der Waals surface area contributed by atoms with Crippen LogP contribution in [0, 0.1) is 0 Å². The van der Waals surface area contributed by atoms with Crippen LogP contribution in [0.5, 0.6) is 0 Å². The molecule has 1 aromatic rings. The largest absolute Gasteiger partial charge is 0.399 e. The Morgan fingerprint density at radius 3 is 2.31 bits per heavy atom. The highest BCUT2D eigenvalue weighted by molar-refractivity contribution is 5.60. The fourth-order valence-corrected chi connectivity index (χ4v) is 0.940. The molecule has 1 unspecified atom stereocenters. The van der Waals surface area contributed by atoms with E-state index in [1.165, 1.54) is 0 Å². The van der Waals surface area contributed by atoms with Gasteiger partial charge in [0, 0.05) is 11.3 Å². The summed E-state index contributed by atoms with van der Waals surface area (Å²) in [5, 5.41) is 9.16. The van der Waals surface area contributed by atoms with Crippen LogP contribution in [-0.4, -0.2) is 5.11 Å². The predicted octanol–water partition coefficient (Wildman–Crippen LogP) is 0.497. The van der Waals surface area contributed by atoms with Crippen molar-refractivity contribution in [1.82, 2.24) is 0 Å². The molecule has 0 bridgehead atoms. The second-order valence-electron chi connectivity index (χ2n) is 2.64. The van der Waals surface area contributed by atoms with Crippen LogP contribution >= 0.6 is 0 Å². The molecule has 4 heteroatoms. The molecule has 0 spiro atoms. The van der Waals surface area contributed by atoms with E-state index in [1.807, 2.05) is 0 Å². The minimum atomic E-state index is -1.10. The fourth-order valence-electron chi connectivity index (χ4n) is 0.940. The molecule has 0 aliphatic rings. The molecule has 1 atom stereocenters. The summed E-state index contributed by atoms with van der Waals surface area (Å²) >= 11 is 0. The highest BCUT2D eigenvalue weighted by atomic mass is 16.7. The number of nitrogens with two attached hydrogens (primary N) is 2. The van der Waals surface area contributed by atoms with Crippen LogP contribution in [0.25, 0.3) is 5.70 Å². The van der Waals surface area contributed by atoms with Gasteiger partial charge < -0.3 is 10.8 Å². The molecule has 0 fully saturated rings. The molecule has 1 rings (SSSR count). The Morgan fingerprint density at radius 1 is 1.38 bits per heavy atom. The molecular formula is C9H12N2O2. The average Bonchev–Trinajstić information content (AvgIpc) is 2.17. The smallest absolute Gasteiger partial charge is 0.200 e. The lowest BCUT2D eigenvalue weighted by molar-refractivity contribution is -0.105. The molecule has 0 saturated carbocycles. The maximum Gasteiger partial charge on any atom is 0.200 e. The number of hydrogen-bond acceptors (Lipinski definition) is 4. The van der Waals surface area contributed by atoms with Gasteiger partial charge in [0.2, 0.25) is 0 Å². The highest BCUT2D eigenvalue weighted by Crippen LogP contribution is 2.15. The number of benzene rings is 1. The van der Waals surface area contributed by atoms with Crippen molar-refractivity contribution in [3.05, 3.63) is 42.0 Å². The Balaban J connectivity index is 2.87. The molecule has 13 heavy (non-hydrogen) atoms. The molecule has 0 heterocycles. The Kier molecular flexibility index (Phi) is 3.02. The Hall–Kier alpha value is -1.36. The molecule has 5 N–H and O–H groups in total. The third kappa shape index (κ3) is 2.29. The molecule has 0 aromatic heterocycles. The van der Waals surface area contributed by atoms with E-state index in [4.69, 9.17) is 16.7 Å². The van der Waals surface area contributed by atoms with Gasteiger partial charge >= 0.3 is 0 Å². The van der Waals surface area contributed by atoms with Gasteiger partial charge in [-0.15, -0.1) is 0 Å². The molecule has 4 nitrogen and oxygen atoms in total. The van der Waals surface area contributed by atoms with Gasteiger partial charge in [-0.1, -0.05) is 30.8 Å². The van der Waals surface area contributed by atoms with Crippen LogP contribution in [0.4, 0.5) is 0 Å². The zero-order valence-electron chi connectivity index (χ0n) is 7.10. The van der Waals surface area contributed by atoms with Crippen molar-refractivity contribution in [2.45, 2.75) is 6.29 Å². The summed E-state index contributed by atoms with van der Waals surface area (Å²) in [6.45, 7) is 3.58. The lowest BCUT2D eigenvalue weighted by atomic mass is 10.1. The summed E-state index contributed by atoms with van der Waals surface area (Å²) in [5.41, 5.74) is 7.33. The molecule has 1 aromatic carbocycles. The van der Waals surface area contributed by atoms with E-state index in [0.717, 1.165) is 5.56 Å². The standard InChI is InChI=1S/C9H12N2O2/c1-6(10)7-2-4-8(5-3-7)9(12)13-11/h2-5,9,12H,1,10-11H2. The van der Waals surface area contributed by atoms with Gasteiger partial charge in [-0.2, -0.15) is 0 Å². The Labute approximate surface area is 76.4 Å². The van der Waals surface area contributed by atoms with Gasteiger partial charge in [0.1, 0.15) is 0 Å². The van der Waals surface area contributed by atoms with Crippen molar-refractivity contribution in [2.75, 3.05) is 0 Å². The number of rotatable bonds is 3. The summed E-state index contributed by atoms with van der Waals surface area (Å²) in [7, 11) is 0. The zero-order chi connectivity index (χ0) is 9.84. The van der Waals surface area contributed by atoms with Crippen LogP contribution in [0.15, 0.2) is 30.8 Å². The van der Waals surface area contributed by atoms with Crippen molar-refractivity contribution >= 4 is 5.70 Å². The van der Waals surface area contributed by atoms with E-state index in [1.54, 1.807) is 24.3 Å². The highest BCUT2D eigenvalue weighted by Gasteiger charge is 2.05. The van der Waals surface area contributed by atoms with E-state index < -0.39 is 6.29 Å². The lowest BCUT2D eigenvalue weighted by Gasteiger charge is -2.08. The quantitative estimate of drug-likeness (QED) is 0.467. The maximum atomic E-state index is 9.16. The molecule has 0 aliphatic heterocycles. The average molecular weight is 180 g/mol. The van der Waals surface area contributed by atoms with E-state index in [0.29, 0.717) is 11.3 Å². The van der Waals surface area contributed by atoms with Gasteiger partial charge in [0.15, 0.2) is 6.29 Å². The molecule has 0 radical (unpaired) electrons. The van der Waals surface area contributed by atoms with Crippen LogP contribution in [0.3, 0.4) is 0 Å². The summed E-state index contributed by atoms with van der Waals surface area (Å²) < 4.78 is 0. The monoisotopic (exact) mass is 180 g/mol. The van der Waals surface area contributed by atoms with E-state index in [-0.39, 0.29) is 0 Å². The first-order valence-electron chi connectivity index (χ1n) is 3.73. The first-order chi connectivity index (χ1) is 6.15. The summed E-state index contributed by atoms with van der Waals surface area (Å²) in [5.74, 6) is 4.81. The van der Waals surface area contributed by atoms with Gasteiger partial charge in [0.25, 0.3) is 0 Å². The van der Waals surface area contributed by atoms with Crippen molar-refractivity contribution in [3.63, 3.8) is 0 Å². The second-order valence-corrected chi connectivity index (χ2v) is 2.64. The zero-order valence-corrected chi connectivity index (χ0v) is 7.10. The predicted molar refractivity (Wildman–Crippen MR) is 49.9 cm³/mol. The summed E-state index contributed by atoms with van der Waals surface area (Å²) in [6.07, 6.45) is -1.10. The lowest BCUT2D eigenvalue weighted by Crippen LogP contribution is -2.08. The molecule has 70 valence electrons. The van der Waals surface area contributed by atoms with Crippen molar-refractivity contribution in [3.8, 4) is 0 Å². The molecule has 0 aliphatic carbocycles. The van der Waals surface area contributed by atoms with Crippen molar-refractivity contribution in [1.29, 1.82) is 0 Å². The normalized spacial score (nSPS) is 12.5. The van der Waals surface area contributed by atoms with Crippen LogP contribution in [0.2, 0.25) is 0 Å². The summed E-state index contributed by atoms with van der Waals surface area (Å²) in [6, 6.07) is 6.82. The van der Waals surface area contributed by atoms with Crippen molar-refractivity contribution < 1.29 is 9.94 Å². The Bertz CT molecular complexity index is 295. The molecule has 0 amide bonds. The maximum absolute atomic E-state index is 9.16. The SMILES string of the molecule is C=C(N)c1ccc(C(O)ON)cc1. The van der Waals surface area contributed by atoms with Gasteiger partial charge in [-0.3, -0.25) is 4.84 Å². The first kappa shape index (κ1) is 9.73.